The minimum atomic E-state index is -0.420. The van der Waals surface area contributed by atoms with Gasteiger partial charge in [-0.3, -0.25) is 4.79 Å². The summed E-state index contributed by atoms with van der Waals surface area (Å²) in [6, 6.07) is 0. The maximum Gasteiger partial charge on any atom is 0.337 e. The summed E-state index contributed by atoms with van der Waals surface area (Å²) in [5, 5.41) is 0. The summed E-state index contributed by atoms with van der Waals surface area (Å²) in [5.74, 6) is 0.0424. The molecule has 0 aromatic heterocycles. The van der Waals surface area contributed by atoms with Gasteiger partial charge in [-0.05, 0) is 44.4 Å². The third-order valence-electron chi connectivity index (χ3n) is 5.88. The Bertz CT molecular complexity index is 438. The van der Waals surface area contributed by atoms with Crippen LogP contribution in [-0.2, 0) is 19.1 Å². The minimum Gasteiger partial charge on any atom is -0.461 e. The number of ether oxygens (including phenoxy) is 2. The third-order valence-corrected chi connectivity index (χ3v) is 5.88. The zero-order valence-electron chi connectivity index (χ0n) is 15.3. The quantitative estimate of drug-likeness (QED) is 0.527. The van der Waals surface area contributed by atoms with Crippen LogP contribution in [0.25, 0.3) is 0 Å². The summed E-state index contributed by atoms with van der Waals surface area (Å²) >= 11 is 0. The first kappa shape index (κ1) is 19.0. The van der Waals surface area contributed by atoms with E-state index in [2.05, 4.69) is 13.5 Å². The molecular formula is C20H32O4. The predicted molar refractivity (Wildman–Crippen MR) is 93.4 cm³/mol. The SMILES string of the molecule is C=C(COC(C)=O)C(=O)OC(C)(C1CCCCC1)C1CCCCC1. The van der Waals surface area contributed by atoms with Crippen molar-refractivity contribution in [2.45, 2.75) is 83.7 Å². The summed E-state index contributed by atoms with van der Waals surface area (Å²) in [4.78, 5) is 23.5. The molecule has 2 saturated carbocycles. The van der Waals surface area contributed by atoms with Crippen LogP contribution in [0.5, 0.6) is 0 Å². The Balaban J connectivity index is 2.08. The fourth-order valence-corrected chi connectivity index (χ4v) is 4.37. The van der Waals surface area contributed by atoms with Crippen molar-refractivity contribution in [3.8, 4) is 0 Å². The van der Waals surface area contributed by atoms with Crippen molar-refractivity contribution < 1.29 is 19.1 Å². The highest BCUT2D eigenvalue weighted by Crippen LogP contribution is 2.45. The molecule has 2 rings (SSSR count). The molecule has 0 bridgehead atoms. The van der Waals surface area contributed by atoms with Crippen molar-refractivity contribution >= 4 is 11.9 Å². The van der Waals surface area contributed by atoms with E-state index in [-0.39, 0.29) is 12.2 Å². The largest absolute Gasteiger partial charge is 0.461 e. The second-order valence-electron chi connectivity index (χ2n) is 7.63. The van der Waals surface area contributed by atoms with Gasteiger partial charge in [0.2, 0.25) is 0 Å². The normalized spacial score (nSPS) is 20.4. The van der Waals surface area contributed by atoms with E-state index < -0.39 is 17.5 Å². The molecule has 0 aromatic carbocycles. The molecule has 0 unspecified atom stereocenters. The van der Waals surface area contributed by atoms with E-state index in [0.717, 1.165) is 25.7 Å². The van der Waals surface area contributed by atoms with Gasteiger partial charge in [0.1, 0.15) is 12.2 Å². The zero-order chi connectivity index (χ0) is 17.6. The van der Waals surface area contributed by atoms with Gasteiger partial charge in [0.05, 0.1) is 5.57 Å². The van der Waals surface area contributed by atoms with Gasteiger partial charge in [-0.25, -0.2) is 4.79 Å². The number of hydrogen-bond acceptors (Lipinski definition) is 4. The van der Waals surface area contributed by atoms with Crippen LogP contribution in [0, 0.1) is 11.8 Å². The number of carbonyl (C=O) groups is 2. The molecule has 136 valence electrons. The summed E-state index contributed by atoms with van der Waals surface area (Å²) < 4.78 is 11.0. The molecular weight excluding hydrogens is 304 g/mol. The Kier molecular flexibility index (Phi) is 6.88. The topological polar surface area (TPSA) is 52.6 Å². The molecule has 4 heteroatoms. The molecule has 0 saturated heterocycles. The van der Waals surface area contributed by atoms with Crippen molar-refractivity contribution in [1.29, 1.82) is 0 Å². The minimum absolute atomic E-state index is 0.0838. The van der Waals surface area contributed by atoms with Crippen molar-refractivity contribution in [1.82, 2.24) is 0 Å². The maximum atomic E-state index is 12.5. The smallest absolute Gasteiger partial charge is 0.337 e. The van der Waals surface area contributed by atoms with Crippen LogP contribution in [0.3, 0.4) is 0 Å². The first-order valence-electron chi connectivity index (χ1n) is 9.48. The van der Waals surface area contributed by atoms with Crippen LogP contribution in [0.4, 0.5) is 0 Å². The van der Waals surface area contributed by atoms with Gasteiger partial charge < -0.3 is 9.47 Å². The highest BCUT2D eigenvalue weighted by atomic mass is 16.6. The number of rotatable bonds is 6. The molecule has 24 heavy (non-hydrogen) atoms. The van der Waals surface area contributed by atoms with E-state index in [1.54, 1.807) is 0 Å². The third kappa shape index (κ3) is 4.84. The summed E-state index contributed by atoms with van der Waals surface area (Å²) in [7, 11) is 0. The standard InChI is InChI=1S/C20H32O4/c1-15(14-23-16(2)21)19(22)24-20(3,17-10-6-4-7-11-17)18-12-8-5-9-13-18/h17-18H,1,4-14H2,2-3H3. The van der Waals surface area contributed by atoms with Crippen LogP contribution in [0.1, 0.15) is 78.1 Å². The second-order valence-corrected chi connectivity index (χ2v) is 7.63. The van der Waals surface area contributed by atoms with Crippen molar-refractivity contribution in [2.24, 2.45) is 11.8 Å². The lowest BCUT2D eigenvalue weighted by Gasteiger charge is -2.46. The van der Waals surface area contributed by atoms with Crippen LogP contribution < -0.4 is 0 Å². The van der Waals surface area contributed by atoms with Gasteiger partial charge >= 0.3 is 11.9 Å². The van der Waals surface area contributed by atoms with Gasteiger partial charge in [0.25, 0.3) is 0 Å². The Hall–Kier alpha value is -1.32. The Labute approximate surface area is 146 Å². The van der Waals surface area contributed by atoms with Crippen LogP contribution in [0.2, 0.25) is 0 Å². The highest BCUT2D eigenvalue weighted by molar-refractivity contribution is 5.88. The fourth-order valence-electron chi connectivity index (χ4n) is 4.37. The average molecular weight is 336 g/mol. The number of carbonyl (C=O) groups excluding carboxylic acids is 2. The van der Waals surface area contributed by atoms with Crippen LogP contribution in [-0.4, -0.2) is 24.1 Å². The molecule has 0 radical (unpaired) electrons. The Morgan fingerprint density at radius 2 is 1.42 bits per heavy atom. The average Bonchev–Trinajstić information content (AvgIpc) is 2.61. The lowest BCUT2D eigenvalue weighted by Crippen LogP contribution is -2.48. The van der Waals surface area contributed by atoms with Gasteiger partial charge in [-0.15, -0.1) is 0 Å². The van der Waals surface area contributed by atoms with E-state index in [0.29, 0.717) is 11.8 Å². The predicted octanol–water partition coefficient (Wildman–Crippen LogP) is 4.57. The Morgan fingerprint density at radius 3 is 1.83 bits per heavy atom. The summed E-state index contributed by atoms with van der Waals surface area (Å²) in [6.07, 6.45) is 12.0. The summed E-state index contributed by atoms with van der Waals surface area (Å²) in [6.45, 7) is 7.13. The Morgan fingerprint density at radius 1 is 0.958 bits per heavy atom. The van der Waals surface area contributed by atoms with E-state index >= 15 is 0 Å². The lowest BCUT2D eigenvalue weighted by molar-refractivity contribution is -0.172. The van der Waals surface area contributed by atoms with Gasteiger partial charge in [-0.2, -0.15) is 0 Å². The second kappa shape index (κ2) is 8.68. The molecule has 0 spiro atoms. The number of hydrogen-bond donors (Lipinski definition) is 0. The van der Waals surface area contributed by atoms with Crippen LogP contribution in [0.15, 0.2) is 12.2 Å². The summed E-state index contributed by atoms with van der Waals surface area (Å²) in [5.41, 5.74) is -0.195. The molecule has 0 amide bonds. The van der Waals surface area contributed by atoms with Gasteiger partial charge in [0, 0.05) is 6.92 Å². The van der Waals surface area contributed by atoms with Gasteiger partial charge in [-0.1, -0.05) is 45.1 Å². The van der Waals surface area contributed by atoms with E-state index in [9.17, 15) is 9.59 Å². The highest BCUT2D eigenvalue weighted by Gasteiger charge is 2.45. The molecule has 0 aromatic rings. The molecule has 0 atom stereocenters. The van der Waals surface area contributed by atoms with Gasteiger partial charge in [0.15, 0.2) is 0 Å². The zero-order valence-corrected chi connectivity index (χ0v) is 15.3. The molecule has 0 N–H and O–H groups in total. The first-order valence-corrected chi connectivity index (χ1v) is 9.48. The molecule has 4 nitrogen and oxygen atoms in total. The molecule has 2 fully saturated rings. The first-order chi connectivity index (χ1) is 11.4. The van der Waals surface area contributed by atoms with E-state index in [1.807, 2.05) is 0 Å². The molecule has 2 aliphatic rings. The lowest BCUT2D eigenvalue weighted by atomic mass is 9.67. The maximum absolute atomic E-state index is 12.5. The van der Waals surface area contributed by atoms with E-state index in [4.69, 9.17) is 9.47 Å². The van der Waals surface area contributed by atoms with E-state index in [1.165, 1.54) is 45.4 Å². The number of esters is 2. The molecule has 0 aliphatic heterocycles. The molecule has 0 heterocycles. The monoisotopic (exact) mass is 336 g/mol. The van der Waals surface area contributed by atoms with Crippen molar-refractivity contribution in [3.05, 3.63) is 12.2 Å². The fraction of sp³-hybridized carbons (Fsp3) is 0.800. The van der Waals surface area contributed by atoms with Crippen molar-refractivity contribution in [3.63, 3.8) is 0 Å². The van der Waals surface area contributed by atoms with Crippen LogP contribution >= 0.6 is 0 Å². The molecule has 2 aliphatic carbocycles. The van der Waals surface area contributed by atoms with Crippen molar-refractivity contribution in [2.75, 3.05) is 6.61 Å².